The smallest absolute Gasteiger partial charge is 0.304 e. The second-order valence-corrected chi connectivity index (χ2v) is 4.38. The van der Waals surface area contributed by atoms with Gasteiger partial charge in [-0.2, -0.15) is 0 Å². The molecule has 2 bridgehead atoms. The van der Waals surface area contributed by atoms with Crippen molar-refractivity contribution >= 4 is 5.97 Å². The zero-order chi connectivity index (χ0) is 9.26. The summed E-state index contributed by atoms with van der Waals surface area (Å²) in [5, 5.41) is 11.8. The maximum atomic E-state index is 10.3. The molecule has 0 heterocycles. The second-order valence-electron chi connectivity index (χ2n) is 4.38. The Morgan fingerprint density at radius 3 is 2.77 bits per heavy atom. The van der Waals surface area contributed by atoms with Crippen molar-refractivity contribution in [3.05, 3.63) is 0 Å². The van der Waals surface area contributed by atoms with Gasteiger partial charge < -0.3 is 10.4 Å². The van der Waals surface area contributed by atoms with Crippen LogP contribution in [0.25, 0.3) is 0 Å². The van der Waals surface area contributed by atoms with E-state index >= 15 is 0 Å². The van der Waals surface area contributed by atoms with Crippen LogP contribution in [0.1, 0.15) is 32.1 Å². The third kappa shape index (κ3) is 2.02. The number of hydrogen-bond acceptors (Lipinski definition) is 2. The van der Waals surface area contributed by atoms with Crippen LogP contribution in [0.2, 0.25) is 0 Å². The molecule has 0 aromatic rings. The fourth-order valence-electron chi connectivity index (χ4n) is 2.86. The van der Waals surface area contributed by atoms with E-state index in [0.29, 0.717) is 12.6 Å². The molecule has 0 spiro atoms. The molecule has 2 rings (SSSR count). The van der Waals surface area contributed by atoms with Crippen LogP contribution in [0.15, 0.2) is 0 Å². The second kappa shape index (κ2) is 3.66. The normalized spacial score (nSPS) is 36.8. The minimum atomic E-state index is -0.698. The Kier molecular flexibility index (Phi) is 2.54. The lowest BCUT2D eigenvalue weighted by Gasteiger charge is -2.22. The van der Waals surface area contributed by atoms with E-state index in [-0.39, 0.29) is 6.42 Å². The maximum absolute atomic E-state index is 10.3. The van der Waals surface area contributed by atoms with Crippen molar-refractivity contribution in [1.29, 1.82) is 0 Å². The number of rotatable bonds is 4. The summed E-state index contributed by atoms with van der Waals surface area (Å²) in [7, 11) is 0. The van der Waals surface area contributed by atoms with Crippen molar-refractivity contribution in [1.82, 2.24) is 5.32 Å². The first kappa shape index (κ1) is 9.00. The predicted molar refractivity (Wildman–Crippen MR) is 49.5 cm³/mol. The fraction of sp³-hybridized carbons (Fsp3) is 0.900. The number of fused-ring (bicyclic) bond motifs is 2. The molecule has 0 aliphatic heterocycles. The molecule has 3 atom stereocenters. The van der Waals surface area contributed by atoms with Gasteiger partial charge >= 0.3 is 5.97 Å². The number of nitrogens with one attached hydrogen (secondary N) is 1. The van der Waals surface area contributed by atoms with Gasteiger partial charge in [0, 0.05) is 12.6 Å². The molecule has 3 heteroatoms. The van der Waals surface area contributed by atoms with Crippen LogP contribution in [0, 0.1) is 11.8 Å². The predicted octanol–water partition coefficient (Wildman–Crippen LogP) is 1.24. The van der Waals surface area contributed by atoms with Gasteiger partial charge in [-0.05, 0) is 31.1 Å². The first-order valence-electron chi connectivity index (χ1n) is 5.21. The minimum Gasteiger partial charge on any atom is -0.481 e. The number of carboxylic acids is 1. The Bertz CT molecular complexity index is 205. The van der Waals surface area contributed by atoms with Gasteiger partial charge in [0.2, 0.25) is 0 Å². The molecule has 0 amide bonds. The number of hydrogen-bond donors (Lipinski definition) is 2. The van der Waals surface area contributed by atoms with Gasteiger partial charge in [0.25, 0.3) is 0 Å². The topological polar surface area (TPSA) is 49.3 Å². The van der Waals surface area contributed by atoms with Gasteiger partial charge in [-0.25, -0.2) is 0 Å². The summed E-state index contributed by atoms with van der Waals surface area (Å²) in [6, 6.07) is 0.623. The van der Waals surface area contributed by atoms with E-state index in [1.807, 2.05) is 0 Å². The third-order valence-electron chi connectivity index (χ3n) is 3.48. The largest absolute Gasteiger partial charge is 0.481 e. The summed E-state index contributed by atoms with van der Waals surface area (Å²) in [4.78, 5) is 10.3. The van der Waals surface area contributed by atoms with Crippen LogP contribution >= 0.6 is 0 Å². The summed E-state index contributed by atoms with van der Waals surface area (Å²) in [5.41, 5.74) is 0. The molecule has 74 valence electrons. The lowest BCUT2D eigenvalue weighted by atomic mass is 9.95. The number of carbonyl (C=O) groups is 1. The molecule has 0 radical (unpaired) electrons. The van der Waals surface area contributed by atoms with Crippen molar-refractivity contribution < 1.29 is 9.90 Å². The Morgan fingerprint density at radius 2 is 2.23 bits per heavy atom. The number of aliphatic carboxylic acids is 1. The van der Waals surface area contributed by atoms with E-state index in [1.54, 1.807) is 0 Å². The molecular formula is C10H17NO2. The molecule has 2 aliphatic rings. The molecule has 0 aromatic carbocycles. The lowest BCUT2D eigenvalue weighted by Crippen LogP contribution is -2.35. The standard InChI is InChI=1S/C10H17NO2/c12-10(13)3-4-11-9-6-7-1-2-8(9)5-7/h7-9,11H,1-6H2,(H,12,13). The highest BCUT2D eigenvalue weighted by Crippen LogP contribution is 2.44. The summed E-state index contributed by atoms with van der Waals surface area (Å²) in [5.74, 6) is 1.08. The van der Waals surface area contributed by atoms with Crippen molar-refractivity contribution in [3.63, 3.8) is 0 Å². The van der Waals surface area contributed by atoms with Crippen LogP contribution < -0.4 is 5.32 Å². The number of carboxylic acid groups (broad SMARTS) is 1. The Labute approximate surface area is 78.5 Å². The first-order valence-corrected chi connectivity index (χ1v) is 5.21. The highest BCUT2D eigenvalue weighted by molar-refractivity contribution is 5.66. The molecule has 2 saturated carbocycles. The van der Waals surface area contributed by atoms with E-state index in [0.717, 1.165) is 11.8 Å². The summed E-state index contributed by atoms with van der Waals surface area (Å²) in [6.45, 7) is 0.642. The SMILES string of the molecule is O=C(O)CCNC1CC2CCC1C2. The molecular weight excluding hydrogens is 166 g/mol. The maximum Gasteiger partial charge on any atom is 0.304 e. The quantitative estimate of drug-likeness (QED) is 0.689. The Hall–Kier alpha value is -0.570. The zero-order valence-corrected chi connectivity index (χ0v) is 7.83. The third-order valence-corrected chi connectivity index (χ3v) is 3.48. The van der Waals surface area contributed by atoms with Crippen molar-refractivity contribution in [2.24, 2.45) is 11.8 Å². The van der Waals surface area contributed by atoms with Crippen LogP contribution in [-0.4, -0.2) is 23.7 Å². The van der Waals surface area contributed by atoms with Gasteiger partial charge in [0.15, 0.2) is 0 Å². The molecule has 3 nitrogen and oxygen atoms in total. The molecule has 2 fully saturated rings. The lowest BCUT2D eigenvalue weighted by molar-refractivity contribution is -0.136. The Balaban J connectivity index is 1.68. The van der Waals surface area contributed by atoms with Crippen LogP contribution in [0.3, 0.4) is 0 Å². The van der Waals surface area contributed by atoms with Gasteiger partial charge in [-0.15, -0.1) is 0 Å². The van der Waals surface area contributed by atoms with E-state index in [2.05, 4.69) is 5.32 Å². The highest BCUT2D eigenvalue weighted by Gasteiger charge is 2.38. The molecule has 0 saturated heterocycles. The zero-order valence-electron chi connectivity index (χ0n) is 7.83. The van der Waals surface area contributed by atoms with Crippen molar-refractivity contribution in [2.45, 2.75) is 38.1 Å². The fourth-order valence-corrected chi connectivity index (χ4v) is 2.86. The molecule has 2 N–H and O–H groups in total. The summed E-state index contributed by atoms with van der Waals surface area (Å²) >= 11 is 0. The average Bonchev–Trinajstić information content (AvgIpc) is 2.64. The van der Waals surface area contributed by atoms with E-state index in [1.165, 1.54) is 25.7 Å². The summed E-state index contributed by atoms with van der Waals surface area (Å²) < 4.78 is 0. The van der Waals surface area contributed by atoms with E-state index in [9.17, 15) is 4.79 Å². The molecule has 2 aliphatic carbocycles. The first-order chi connectivity index (χ1) is 6.25. The molecule has 13 heavy (non-hydrogen) atoms. The monoisotopic (exact) mass is 183 g/mol. The van der Waals surface area contributed by atoms with Crippen LogP contribution in [0.4, 0.5) is 0 Å². The highest BCUT2D eigenvalue weighted by atomic mass is 16.4. The van der Waals surface area contributed by atoms with E-state index < -0.39 is 5.97 Å². The van der Waals surface area contributed by atoms with Gasteiger partial charge in [-0.1, -0.05) is 6.42 Å². The van der Waals surface area contributed by atoms with Crippen LogP contribution in [0.5, 0.6) is 0 Å². The van der Waals surface area contributed by atoms with Gasteiger partial charge in [0.05, 0.1) is 6.42 Å². The molecule has 3 unspecified atom stereocenters. The summed E-state index contributed by atoms with van der Waals surface area (Å²) in [6.07, 6.45) is 5.68. The average molecular weight is 183 g/mol. The molecule has 0 aromatic heterocycles. The van der Waals surface area contributed by atoms with Crippen molar-refractivity contribution in [3.8, 4) is 0 Å². The van der Waals surface area contributed by atoms with E-state index in [4.69, 9.17) is 5.11 Å². The van der Waals surface area contributed by atoms with Crippen LogP contribution in [-0.2, 0) is 4.79 Å². The van der Waals surface area contributed by atoms with Crippen molar-refractivity contribution in [2.75, 3.05) is 6.54 Å². The van der Waals surface area contributed by atoms with Gasteiger partial charge in [0.1, 0.15) is 0 Å². The minimum absolute atomic E-state index is 0.258. The Morgan fingerprint density at radius 1 is 1.38 bits per heavy atom. The van der Waals surface area contributed by atoms with Gasteiger partial charge in [-0.3, -0.25) is 4.79 Å².